The van der Waals surface area contributed by atoms with Gasteiger partial charge in [0.2, 0.25) is 5.91 Å². The molecule has 1 amide bonds. The number of hydrazine groups is 1. The summed E-state index contributed by atoms with van der Waals surface area (Å²) in [6, 6.07) is 9.53. The zero-order valence-electron chi connectivity index (χ0n) is 15.9. The zero-order valence-corrected chi connectivity index (χ0v) is 15.9. The molecule has 1 aromatic carbocycles. The van der Waals surface area contributed by atoms with E-state index in [1.807, 2.05) is 41.8 Å². The maximum atomic E-state index is 12.9. The van der Waals surface area contributed by atoms with Crippen LogP contribution in [-0.4, -0.2) is 44.0 Å². The van der Waals surface area contributed by atoms with Gasteiger partial charge in [0.1, 0.15) is 18.5 Å². The Morgan fingerprint density at radius 2 is 2.04 bits per heavy atom. The molecule has 9 nitrogen and oxygen atoms in total. The number of nitrogens with two attached hydrogens (primary N) is 1. The van der Waals surface area contributed by atoms with Crippen molar-refractivity contribution in [1.82, 2.24) is 30.9 Å². The lowest BCUT2D eigenvalue weighted by Gasteiger charge is -2.36. The van der Waals surface area contributed by atoms with Crippen molar-refractivity contribution in [2.75, 3.05) is 0 Å². The summed E-state index contributed by atoms with van der Waals surface area (Å²) in [6.45, 7) is 2.62. The fourth-order valence-electron chi connectivity index (χ4n) is 4.23. The van der Waals surface area contributed by atoms with Crippen molar-refractivity contribution in [1.29, 1.82) is 0 Å². The molecule has 2 fully saturated rings. The number of aliphatic hydroxyl groups is 1. The second-order valence-electron chi connectivity index (χ2n) is 7.48. The van der Waals surface area contributed by atoms with E-state index < -0.39 is 6.04 Å². The Bertz CT molecular complexity index is 819. The highest BCUT2D eigenvalue weighted by molar-refractivity contribution is 5.83. The number of nitrogens with zero attached hydrogens (tertiary/aromatic N) is 3. The highest BCUT2D eigenvalue weighted by Crippen LogP contribution is 2.36. The third-order valence-corrected chi connectivity index (χ3v) is 5.78. The molecule has 1 aliphatic carbocycles. The number of aromatic nitrogens is 3. The second kappa shape index (κ2) is 7.96. The zero-order chi connectivity index (χ0) is 19.7. The van der Waals surface area contributed by atoms with Crippen LogP contribution in [0.1, 0.15) is 48.8 Å². The van der Waals surface area contributed by atoms with Gasteiger partial charge in [0.05, 0.1) is 6.17 Å². The van der Waals surface area contributed by atoms with Crippen LogP contribution in [0.2, 0.25) is 0 Å². The first kappa shape index (κ1) is 19.0. The average molecular weight is 385 g/mol. The van der Waals surface area contributed by atoms with Crippen LogP contribution in [0.15, 0.2) is 30.3 Å². The van der Waals surface area contributed by atoms with Gasteiger partial charge >= 0.3 is 0 Å². The quantitative estimate of drug-likeness (QED) is 0.461. The van der Waals surface area contributed by atoms with Gasteiger partial charge in [-0.3, -0.25) is 4.79 Å². The molecule has 2 aromatic rings. The fraction of sp³-hybridized carbons (Fsp3) is 0.526. The Hall–Kier alpha value is -2.33. The normalized spacial score (nSPS) is 29.5. The first-order chi connectivity index (χ1) is 13.6. The summed E-state index contributed by atoms with van der Waals surface area (Å²) in [4.78, 5) is 12.9. The summed E-state index contributed by atoms with van der Waals surface area (Å²) in [7, 11) is 0. The molecule has 3 atom stereocenters. The Balaban J connectivity index is 1.37. The predicted molar refractivity (Wildman–Crippen MR) is 103 cm³/mol. The molecule has 3 unspecified atom stereocenters. The van der Waals surface area contributed by atoms with Crippen molar-refractivity contribution in [3.8, 4) is 0 Å². The summed E-state index contributed by atoms with van der Waals surface area (Å²) in [5.41, 5.74) is 13.2. The molecule has 0 radical (unpaired) electrons. The van der Waals surface area contributed by atoms with Gasteiger partial charge in [-0.1, -0.05) is 30.3 Å². The number of carbonyl (C=O) groups is 1. The van der Waals surface area contributed by atoms with Crippen LogP contribution in [0.25, 0.3) is 0 Å². The Morgan fingerprint density at radius 3 is 2.71 bits per heavy atom. The van der Waals surface area contributed by atoms with Crippen molar-refractivity contribution >= 4 is 5.91 Å². The van der Waals surface area contributed by atoms with Gasteiger partial charge in [0, 0.05) is 24.4 Å². The van der Waals surface area contributed by atoms with E-state index in [4.69, 9.17) is 5.73 Å². The van der Waals surface area contributed by atoms with E-state index >= 15 is 0 Å². The molecular formula is C19H27N7O2. The average Bonchev–Trinajstić information content (AvgIpc) is 3.27. The van der Waals surface area contributed by atoms with Crippen molar-refractivity contribution in [3.63, 3.8) is 0 Å². The molecule has 1 aromatic heterocycles. The molecule has 1 saturated carbocycles. The molecule has 150 valence electrons. The number of carbonyl (C=O) groups excluding carboxylic acids is 1. The Morgan fingerprint density at radius 1 is 1.29 bits per heavy atom. The van der Waals surface area contributed by atoms with Gasteiger partial charge in [0.25, 0.3) is 0 Å². The summed E-state index contributed by atoms with van der Waals surface area (Å²) in [5, 5.41) is 20.8. The van der Waals surface area contributed by atoms with E-state index in [0.717, 1.165) is 30.8 Å². The predicted octanol–water partition coefficient (Wildman–Crippen LogP) is -0.302. The van der Waals surface area contributed by atoms with E-state index in [0.29, 0.717) is 5.82 Å². The third-order valence-electron chi connectivity index (χ3n) is 5.78. The molecule has 1 aliphatic heterocycles. The third kappa shape index (κ3) is 3.42. The molecule has 2 heterocycles. The van der Waals surface area contributed by atoms with E-state index in [9.17, 15) is 9.90 Å². The van der Waals surface area contributed by atoms with Crippen molar-refractivity contribution in [2.45, 2.75) is 63.0 Å². The van der Waals surface area contributed by atoms with Crippen molar-refractivity contribution in [3.05, 3.63) is 47.5 Å². The number of hydrogen-bond acceptors (Lipinski definition) is 7. The summed E-state index contributed by atoms with van der Waals surface area (Å²) < 4.78 is 1.95. The van der Waals surface area contributed by atoms with E-state index in [-0.39, 0.29) is 36.6 Å². The summed E-state index contributed by atoms with van der Waals surface area (Å²) >= 11 is 0. The first-order valence-corrected chi connectivity index (χ1v) is 9.77. The maximum Gasteiger partial charge on any atom is 0.239 e. The maximum absolute atomic E-state index is 12.9. The topological polar surface area (TPSA) is 130 Å². The highest BCUT2D eigenvalue weighted by atomic mass is 16.3. The fourth-order valence-corrected chi connectivity index (χ4v) is 4.23. The van der Waals surface area contributed by atoms with E-state index in [1.54, 1.807) is 0 Å². The smallest absolute Gasteiger partial charge is 0.239 e. The number of benzene rings is 1. The van der Waals surface area contributed by atoms with Crippen LogP contribution < -0.4 is 21.9 Å². The Labute approximate surface area is 163 Å². The van der Waals surface area contributed by atoms with Gasteiger partial charge in [-0.15, -0.1) is 10.2 Å². The number of hydrogen-bond donors (Lipinski definition) is 5. The number of aliphatic hydroxyl groups excluding tert-OH is 1. The van der Waals surface area contributed by atoms with Crippen LogP contribution in [0.4, 0.5) is 0 Å². The van der Waals surface area contributed by atoms with Gasteiger partial charge in [-0.05, 0) is 25.3 Å². The van der Waals surface area contributed by atoms with Crippen LogP contribution in [0.5, 0.6) is 0 Å². The molecule has 0 bridgehead atoms. The molecule has 0 spiro atoms. The van der Waals surface area contributed by atoms with Gasteiger partial charge in [-0.2, -0.15) is 0 Å². The lowest BCUT2D eigenvalue weighted by Crippen LogP contribution is -2.52. The monoisotopic (exact) mass is 385 g/mol. The minimum absolute atomic E-state index is 0.0502. The van der Waals surface area contributed by atoms with E-state index in [1.165, 1.54) is 0 Å². The van der Waals surface area contributed by atoms with Crippen LogP contribution in [0, 0.1) is 0 Å². The molecule has 2 aliphatic rings. The van der Waals surface area contributed by atoms with Crippen LogP contribution in [0.3, 0.4) is 0 Å². The lowest BCUT2D eigenvalue weighted by molar-refractivity contribution is -0.124. The van der Waals surface area contributed by atoms with Crippen molar-refractivity contribution in [2.24, 2.45) is 5.73 Å². The molecule has 9 heteroatoms. The number of amides is 1. The standard InChI is InChI=1S/C19H27N7O2/c1-2-26-14(10-27)22-25-18(26)12-8-13(9-12)21-19(28)16-15(17(20)24-23-16)11-6-4-3-5-7-11/h3-7,12-13,15-17,23-24,27H,2,8-10,20H2,1H3,(H,21,28). The largest absolute Gasteiger partial charge is 0.388 e. The minimum Gasteiger partial charge on any atom is -0.388 e. The summed E-state index contributed by atoms with van der Waals surface area (Å²) in [6.07, 6.45) is 1.31. The van der Waals surface area contributed by atoms with E-state index in [2.05, 4.69) is 26.4 Å². The molecule has 6 N–H and O–H groups in total. The Kier molecular flexibility index (Phi) is 5.40. The summed E-state index contributed by atoms with van der Waals surface area (Å²) in [5.74, 6) is 1.55. The van der Waals surface area contributed by atoms with Crippen molar-refractivity contribution < 1.29 is 9.90 Å². The van der Waals surface area contributed by atoms with Gasteiger partial charge < -0.3 is 20.7 Å². The highest BCUT2D eigenvalue weighted by Gasteiger charge is 2.42. The molecule has 4 rings (SSSR count). The minimum atomic E-state index is -0.420. The molecule has 1 saturated heterocycles. The van der Waals surface area contributed by atoms with Gasteiger partial charge in [0.15, 0.2) is 5.82 Å². The van der Waals surface area contributed by atoms with Crippen LogP contribution >= 0.6 is 0 Å². The second-order valence-corrected chi connectivity index (χ2v) is 7.48. The van der Waals surface area contributed by atoms with Gasteiger partial charge in [-0.25, -0.2) is 10.9 Å². The molecule has 28 heavy (non-hydrogen) atoms. The number of nitrogens with one attached hydrogen (secondary N) is 3. The van der Waals surface area contributed by atoms with Crippen LogP contribution in [-0.2, 0) is 17.9 Å². The molecular weight excluding hydrogens is 358 g/mol. The SMILES string of the molecule is CCn1c(CO)nnc1C1CC(NC(=O)C2NNC(N)C2c2ccccc2)C1. The lowest BCUT2D eigenvalue weighted by atomic mass is 9.79. The number of rotatable bonds is 6. The first-order valence-electron chi connectivity index (χ1n) is 9.77.